The Morgan fingerprint density at radius 3 is 2.00 bits per heavy atom. The van der Waals surface area contributed by atoms with Gasteiger partial charge < -0.3 is 19.7 Å². The summed E-state index contributed by atoms with van der Waals surface area (Å²) >= 11 is 0. The Bertz CT molecular complexity index is 569. The summed E-state index contributed by atoms with van der Waals surface area (Å²) in [6.07, 6.45) is 6.68. The molecule has 0 atom stereocenters. The molecule has 0 aromatic heterocycles. The third-order valence-electron chi connectivity index (χ3n) is 3.54. The van der Waals surface area contributed by atoms with Gasteiger partial charge in [0.2, 0.25) is 0 Å². The Morgan fingerprint density at radius 1 is 0.889 bits per heavy atom. The fraction of sp³-hybridized carbons (Fsp3) is 0.550. The predicted molar refractivity (Wildman–Crippen MR) is 101 cm³/mol. The first-order valence-electron chi connectivity index (χ1n) is 9.23. The maximum absolute atomic E-state index is 11.8. The first-order valence-corrected chi connectivity index (χ1v) is 9.23. The lowest BCUT2D eigenvalue weighted by molar-refractivity contribution is -0.146. The summed E-state index contributed by atoms with van der Waals surface area (Å²) in [5.74, 6) is -2.24. The molecule has 0 amide bonds. The highest BCUT2D eigenvalue weighted by Gasteiger charge is 2.16. The molecule has 0 unspecified atom stereocenters. The zero-order valence-corrected chi connectivity index (χ0v) is 16.1. The summed E-state index contributed by atoms with van der Waals surface area (Å²) in [4.78, 5) is 32.8. The molecule has 0 aliphatic heterocycles. The quantitative estimate of drug-likeness (QED) is 0.445. The molecule has 0 aliphatic rings. The van der Waals surface area contributed by atoms with Gasteiger partial charge in [0.15, 0.2) is 0 Å². The van der Waals surface area contributed by atoms with Crippen LogP contribution in [0, 0.1) is 0 Å². The van der Waals surface area contributed by atoms with E-state index >= 15 is 0 Å². The Hall–Kier alpha value is -2.41. The van der Waals surface area contributed by atoms with Crippen LogP contribution in [0.4, 0.5) is 0 Å². The zero-order chi connectivity index (χ0) is 20.5. The largest absolute Gasteiger partial charge is 0.478 e. The molecule has 0 spiro atoms. The molecule has 152 valence electrons. The lowest BCUT2D eigenvalue weighted by Crippen LogP contribution is -2.12. The Labute approximate surface area is 160 Å². The summed E-state index contributed by atoms with van der Waals surface area (Å²) in [5, 5.41) is 17.0. The van der Waals surface area contributed by atoms with Gasteiger partial charge in [-0.1, -0.05) is 51.2 Å². The molecule has 1 aromatic rings. The van der Waals surface area contributed by atoms with Crippen LogP contribution in [-0.2, 0) is 14.3 Å². The molecule has 0 radical (unpaired) electrons. The first kappa shape index (κ1) is 24.6. The third-order valence-corrected chi connectivity index (χ3v) is 3.54. The van der Waals surface area contributed by atoms with Crippen LogP contribution in [0.1, 0.15) is 73.1 Å². The van der Waals surface area contributed by atoms with Crippen LogP contribution in [0.2, 0.25) is 0 Å². The fourth-order valence-electron chi connectivity index (χ4n) is 2.18. The second kappa shape index (κ2) is 15.8. The van der Waals surface area contributed by atoms with Crippen molar-refractivity contribution in [2.24, 2.45) is 0 Å². The van der Waals surface area contributed by atoms with Crippen molar-refractivity contribution in [1.29, 1.82) is 0 Å². The lowest BCUT2D eigenvalue weighted by Gasteiger charge is -2.07. The van der Waals surface area contributed by atoms with Crippen LogP contribution in [0.25, 0.3) is 0 Å². The number of hydrogen-bond donors (Lipinski definition) is 2. The van der Waals surface area contributed by atoms with Gasteiger partial charge in [-0.05, 0) is 25.5 Å². The van der Waals surface area contributed by atoms with E-state index in [0.29, 0.717) is 13.2 Å². The maximum atomic E-state index is 11.8. The van der Waals surface area contributed by atoms with Crippen molar-refractivity contribution in [2.75, 3.05) is 19.8 Å². The Morgan fingerprint density at radius 2 is 1.48 bits per heavy atom. The highest BCUT2D eigenvalue weighted by atomic mass is 16.5. The van der Waals surface area contributed by atoms with E-state index < -0.39 is 24.5 Å². The van der Waals surface area contributed by atoms with Crippen LogP contribution in [0.3, 0.4) is 0 Å². The number of carbonyl (C=O) groups excluding carboxylic acids is 2. The minimum atomic E-state index is -1.11. The summed E-state index contributed by atoms with van der Waals surface area (Å²) in [7, 11) is 0. The number of carbonyl (C=O) groups is 3. The molecule has 0 saturated carbocycles. The van der Waals surface area contributed by atoms with Crippen LogP contribution >= 0.6 is 0 Å². The molecule has 0 aliphatic carbocycles. The number of rotatable bonds is 11. The number of carboxylic acids is 1. The number of hydrogen-bond acceptors (Lipinski definition) is 6. The van der Waals surface area contributed by atoms with Crippen LogP contribution in [-0.4, -0.2) is 47.9 Å². The first-order chi connectivity index (χ1) is 13.0. The zero-order valence-electron chi connectivity index (χ0n) is 16.1. The van der Waals surface area contributed by atoms with Gasteiger partial charge in [-0.3, -0.25) is 0 Å². The normalized spacial score (nSPS) is 9.74. The molecule has 0 saturated heterocycles. The van der Waals surface area contributed by atoms with Gasteiger partial charge in [-0.15, -0.1) is 0 Å². The topological polar surface area (TPSA) is 110 Å². The third kappa shape index (κ3) is 11.8. The van der Waals surface area contributed by atoms with Gasteiger partial charge in [-0.25, -0.2) is 14.4 Å². The van der Waals surface area contributed by atoms with Crippen LogP contribution in [0.15, 0.2) is 24.3 Å². The van der Waals surface area contributed by atoms with E-state index in [1.807, 2.05) is 0 Å². The van der Waals surface area contributed by atoms with Gasteiger partial charge in [0, 0.05) is 0 Å². The van der Waals surface area contributed by atoms with Crippen molar-refractivity contribution in [3.05, 3.63) is 35.4 Å². The van der Waals surface area contributed by atoms with Gasteiger partial charge in [-0.2, -0.15) is 0 Å². The van der Waals surface area contributed by atoms with Crippen molar-refractivity contribution in [3.63, 3.8) is 0 Å². The van der Waals surface area contributed by atoms with Crippen molar-refractivity contribution in [1.82, 2.24) is 0 Å². The molecular weight excluding hydrogens is 352 g/mol. The molecule has 0 bridgehead atoms. The Kier molecular flexibility index (Phi) is 14.4. The van der Waals surface area contributed by atoms with Crippen molar-refractivity contribution in [2.45, 2.75) is 52.4 Å². The standard InChI is InChI=1S/C16H22O4.C4H8O3/c1-2-3-4-5-6-9-12-20-16(19)14-11-8-7-10-13(14)15(17)18;1-2-7-4(6)3-5/h7-8,10-11H,2-6,9,12H2,1H3,(H,17,18);5H,2-3H2,1H3. The van der Waals surface area contributed by atoms with Gasteiger partial charge in [0.25, 0.3) is 0 Å². The van der Waals surface area contributed by atoms with Crippen molar-refractivity contribution in [3.8, 4) is 0 Å². The van der Waals surface area contributed by atoms with Gasteiger partial charge >= 0.3 is 17.9 Å². The summed E-state index contributed by atoms with van der Waals surface area (Å²) in [6, 6.07) is 6.11. The number of ether oxygens (including phenoxy) is 2. The van der Waals surface area contributed by atoms with E-state index in [9.17, 15) is 14.4 Å². The molecule has 0 heterocycles. The number of aliphatic hydroxyl groups excluding tert-OH is 1. The number of esters is 2. The smallest absolute Gasteiger partial charge is 0.339 e. The van der Waals surface area contributed by atoms with E-state index in [1.54, 1.807) is 19.1 Å². The second-order valence-electron chi connectivity index (χ2n) is 5.72. The number of aromatic carboxylic acids is 1. The molecule has 0 fully saturated rings. The maximum Gasteiger partial charge on any atom is 0.339 e. The number of benzene rings is 1. The number of aliphatic hydroxyl groups is 1. The molecule has 27 heavy (non-hydrogen) atoms. The minimum Gasteiger partial charge on any atom is -0.478 e. The van der Waals surface area contributed by atoms with Crippen LogP contribution < -0.4 is 0 Å². The van der Waals surface area contributed by atoms with Crippen molar-refractivity contribution < 1.29 is 34.1 Å². The molecule has 7 nitrogen and oxygen atoms in total. The average Bonchev–Trinajstić information content (AvgIpc) is 2.67. The fourth-order valence-corrected chi connectivity index (χ4v) is 2.18. The van der Waals surface area contributed by atoms with Crippen LogP contribution in [0.5, 0.6) is 0 Å². The van der Waals surface area contributed by atoms with Gasteiger partial charge in [0.05, 0.1) is 24.3 Å². The summed E-state index contributed by atoms with van der Waals surface area (Å²) < 4.78 is 9.43. The SMILES string of the molecule is CCCCCCCCOC(=O)c1ccccc1C(=O)O.CCOC(=O)CO. The number of unbranched alkanes of at least 4 members (excludes halogenated alkanes) is 5. The van der Waals surface area contributed by atoms with E-state index in [1.165, 1.54) is 31.4 Å². The molecule has 7 heteroatoms. The molecule has 2 N–H and O–H groups in total. The highest BCUT2D eigenvalue weighted by molar-refractivity contribution is 6.02. The van der Waals surface area contributed by atoms with E-state index in [0.717, 1.165) is 19.3 Å². The molecule has 1 aromatic carbocycles. The minimum absolute atomic E-state index is 0.0135. The lowest BCUT2D eigenvalue weighted by atomic mass is 10.1. The molecular formula is C20H30O7. The predicted octanol–water partition coefficient (Wildman–Crippen LogP) is 3.44. The molecule has 1 rings (SSSR count). The Balaban J connectivity index is 0.000000821. The van der Waals surface area contributed by atoms with E-state index in [4.69, 9.17) is 14.9 Å². The summed E-state index contributed by atoms with van der Waals surface area (Å²) in [5.41, 5.74) is 0.103. The van der Waals surface area contributed by atoms with Gasteiger partial charge in [0.1, 0.15) is 6.61 Å². The second-order valence-corrected chi connectivity index (χ2v) is 5.72. The monoisotopic (exact) mass is 382 g/mol. The average molecular weight is 382 g/mol. The van der Waals surface area contributed by atoms with E-state index in [2.05, 4.69) is 11.7 Å². The number of carboxylic acid groups (broad SMARTS) is 1. The van der Waals surface area contributed by atoms with Crippen molar-refractivity contribution >= 4 is 17.9 Å². The highest BCUT2D eigenvalue weighted by Crippen LogP contribution is 2.11. The summed E-state index contributed by atoms with van der Waals surface area (Å²) in [6.45, 7) is 4.02. The van der Waals surface area contributed by atoms with E-state index in [-0.39, 0.29) is 11.1 Å².